The number of hydrogen-bond donors (Lipinski definition) is 0. The molecule has 0 aliphatic carbocycles. The first kappa shape index (κ1) is 31.9. The van der Waals surface area contributed by atoms with Crippen molar-refractivity contribution in [1.29, 1.82) is 0 Å². The Balaban J connectivity index is 3.63. The van der Waals surface area contributed by atoms with Gasteiger partial charge in [0, 0.05) is 12.8 Å². The number of ether oxygens (including phenoxy) is 2. The molecule has 0 spiro atoms. The number of esters is 2. The summed E-state index contributed by atoms with van der Waals surface area (Å²) < 4.78 is 10.7. The van der Waals surface area contributed by atoms with Gasteiger partial charge in [0.1, 0.15) is 0 Å². The lowest BCUT2D eigenvalue weighted by molar-refractivity contribution is -0.145. The quantitative estimate of drug-likeness (QED) is 0.118. The molecule has 1 unspecified atom stereocenters. The van der Waals surface area contributed by atoms with Crippen molar-refractivity contribution in [2.45, 2.75) is 138 Å². The second-order valence-electron chi connectivity index (χ2n) is 11.1. The molecule has 0 saturated heterocycles. The zero-order valence-corrected chi connectivity index (χ0v) is 23.0. The van der Waals surface area contributed by atoms with E-state index in [0.29, 0.717) is 49.7 Å². The topological polar surface area (TPSA) is 52.6 Å². The SMILES string of the molecule is CC(C)CCCOC(=O)CCCCCCCCCCC(CC(=O)OCCCC(C)C)C(C)C. The van der Waals surface area contributed by atoms with E-state index >= 15 is 0 Å². The highest BCUT2D eigenvalue weighted by Crippen LogP contribution is 2.23. The molecule has 196 valence electrons. The van der Waals surface area contributed by atoms with Gasteiger partial charge in [-0.25, -0.2) is 0 Å². The average molecular weight is 469 g/mol. The van der Waals surface area contributed by atoms with Gasteiger partial charge in [-0.05, 0) is 62.2 Å². The van der Waals surface area contributed by atoms with Crippen molar-refractivity contribution in [2.75, 3.05) is 13.2 Å². The fraction of sp³-hybridized carbons (Fsp3) is 0.931. The largest absolute Gasteiger partial charge is 0.466 e. The van der Waals surface area contributed by atoms with E-state index in [1.54, 1.807) is 0 Å². The molecule has 0 aromatic rings. The lowest BCUT2D eigenvalue weighted by Gasteiger charge is -2.20. The Morgan fingerprint density at radius 1 is 0.545 bits per heavy atom. The molecule has 33 heavy (non-hydrogen) atoms. The van der Waals surface area contributed by atoms with Crippen molar-refractivity contribution < 1.29 is 19.1 Å². The number of carbonyl (C=O) groups is 2. The molecule has 4 heteroatoms. The van der Waals surface area contributed by atoms with Crippen LogP contribution in [0.15, 0.2) is 0 Å². The van der Waals surface area contributed by atoms with E-state index in [1.165, 1.54) is 38.5 Å². The Kier molecular flexibility index (Phi) is 20.8. The van der Waals surface area contributed by atoms with Gasteiger partial charge in [0.25, 0.3) is 0 Å². The molecule has 0 aromatic heterocycles. The van der Waals surface area contributed by atoms with E-state index in [-0.39, 0.29) is 11.9 Å². The van der Waals surface area contributed by atoms with Gasteiger partial charge in [0.05, 0.1) is 13.2 Å². The summed E-state index contributed by atoms with van der Waals surface area (Å²) >= 11 is 0. The van der Waals surface area contributed by atoms with E-state index in [2.05, 4.69) is 41.5 Å². The molecule has 0 heterocycles. The third kappa shape index (κ3) is 22.5. The molecule has 0 rings (SSSR count). The molecule has 0 aliphatic rings. The van der Waals surface area contributed by atoms with Gasteiger partial charge in [-0.3, -0.25) is 9.59 Å². The first-order valence-electron chi connectivity index (χ1n) is 14.0. The second-order valence-corrected chi connectivity index (χ2v) is 11.1. The minimum atomic E-state index is -0.0297. The van der Waals surface area contributed by atoms with Crippen molar-refractivity contribution in [2.24, 2.45) is 23.7 Å². The van der Waals surface area contributed by atoms with Crippen LogP contribution in [0.5, 0.6) is 0 Å². The molecular formula is C29H56O4. The minimum Gasteiger partial charge on any atom is -0.466 e. The number of hydrogen-bond acceptors (Lipinski definition) is 4. The fourth-order valence-electron chi connectivity index (χ4n) is 4.11. The van der Waals surface area contributed by atoms with Crippen LogP contribution in [0.1, 0.15) is 138 Å². The molecular weight excluding hydrogens is 412 g/mol. The first-order valence-corrected chi connectivity index (χ1v) is 14.0. The highest BCUT2D eigenvalue weighted by Gasteiger charge is 2.18. The standard InChI is InChI=1S/C29H56O4/c1-24(2)17-15-21-32-28(30)20-14-12-10-8-7-9-11-13-19-27(26(5)6)23-29(31)33-22-16-18-25(3)4/h24-27H,7-23H2,1-6H3. The molecule has 0 aliphatic heterocycles. The Morgan fingerprint density at radius 2 is 1.00 bits per heavy atom. The first-order chi connectivity index (χ1) is 15.7. The van der Waals surface area contributed by atoms with Crippen LogP contribution in [-0.2, 0) is 19.1 Å². The molecule has 0 radical (unpaired) electrons. The highest BCUT2D eigenvalue weighted by atomic mass is 16.5. The van der Waals surface area contributed by atoms with Gasteiger partial charge in [-0.1, -0.05) is 86.5 Å². The summed E-state index contributed by atoms with van der Waals surface area (Å²) in [7, 11) is 0. The summed E-state index contributed by atoms with van der Waals surface area (Å²) in [5.74, 6) is 2.26. The highest BCUT2D eigenvalue weighted by molar-refractivity contribution is 5.69. The summed E-state index contributed by atoms with van der Waals surface area (Å²) in [6.07, 6.45) is 16.0. The molecule has 1 atom stereocenters. The Hall–Kier alpha value is -1.06. The summed E-state index contributed by atoms with van der Waals surface area (Å²) in [5, 5.41) is 0. The van der Waals surface area contributed by atoms with Gasteiger partial charge >= 0.3 is 11.9 Å². The van der Waals surface area contributed by atoms with Gasteiger partial charge in [-0.2, -0.15) is 0 Å². The zero-order valence-electron chi connectivity index (χ0n) is 23.0. The smallest absolute Gasteiger partial charge is 0.306 e. The van der Waals surface area contributed by atoms with Crippen LogP contribution in [0.4, 0.5) is 0 Å². The molecule has 0 N–H and O–H groups in total. The van der Waals surface area contributed by atoms with E-state index in [9.17, 15) is 9.59 Å². The number of rotatable bonds is 22. The average Bonchev–Trinajstić information content (AvgIpc) is 2.74. The maximum atomic E-state index is 12.1. The molecule has 0 fully saturated rings. The maximum Gasteiger partial charge on any atom is 0.306 e. The van der Waals surface area contributed by atoms with Gasteiger partial charge in [-0.15, -0.1) is 0 Å². The van der Waals surface area contributed by atoms with Crippen LogP contribution in [0.2, 0.25) is 0 Å². The van der Waals surface area contributed by atoms with Gasteiger partial charge in [0.2, 0.25) is 0 Å². The summed E-state index contributed by atoms with van der Waals surface area (Å²) in [6.45, 7) is 14.4. The molecule has 0 aromatic carbocycles. The lowest BCUT2D eigenvalue weighted by atomic mass is 9.87. The van der Waals surface area contributed by atoms with Crippen LogP contribution in [0.3, 0.4) is 0 Å². The Bertz CT molecular complexity index is 470. The predicted molar refractivity (Wildman–Crippen MR) is 139 cm³/mol. The normalized spacial score (nSPS) is 12.5. The van der Waals surface area contributed by atoms with Crippen molar-refractivity contribution in [3.8, 4) is 0 Å². The summed E-state index contributed by atoms with van der Waals surface area (Å²) in [5.41, 5.74) is 0. The molecule has 0 bridgehead atoms. The van der Waals surface area contributed by atoms with E-state index in [4.69, 9.17) is 9.47 Å². The van der Waals surface area contributed by atoms with Crippen molar-refractivity contribution >= 4 is 11.9 Å². The third-order valence-electron chi connectivity index (χ3n) is 6.46. The van der Waals surface area contributed by atoms with Gasteiger partial charge < -0.3 is 9.47 Å². The summed E-state index contributed by atoms with van der Waals surface area (Å²) in [4.78, 5) is 23.8. The lowest BCUT2D eigenvalue weighted by Crippen LogP contribution is -2.17. The maximum absolute atomic E-state index is 12.1. The van der Waals surface area contributed by atoms with E-state index in [1.807, 2.05) is 0 Å². The van der Waals surface area contributed by atoms with E-state index in [0.717, 1.165) is 44.9 Å². The second kappa shape index (κ2) is 21.5. The van der Waals surface area contributed by atoms with E-state index < -0.39 is 0 Å². The monoisotopic (exact) mass is 468 g/mol. The van der Waals surface area contributed by atoms with Crippen LogP contribution < -0.4 is 0 Å². The van der Waals surface area contributed by atoms with Crippen molar-refractivity contribution in [3.05, 3.63) is 0 Å². The van der Waals surface area contributed by atoms with Crippen molar-refractivity contribution in [3.63, 3.8) is 0 Å². The Labute approximate surface area is 206 Å². The third-order valence-corrected chi connectivity index (χ3v) is 6.46. The van der Waals surface area contributed by atoms with Crippen molar-refractivity contribution in [1.82, 2.24) is 0 Å². The Morgan fingerprint density at radius 3 is 1.48 bits per heavy atom. The molecule has 4 nitrogen and oxygen atoms in total. The molecule has 0 saturated carbocycles. The van der Waals surface area contributed by atoms with Gasteiger partial charge in [0.15, 0.2) is 0 Å². The van der Waals surface area contributed by atoms with Crippen LogP contribution >= 0.6 is 0 Å². The minimum absolute atomic E-state index is 0.0168. The fourth-order valence-corrected chi connectivity index (χ4v) is 4.11. The summed E-state index contributed by atoms with van der Waals surface area (Å²) in [6, 6.07) is 0. The number of unbranched alkanes of at least 4 members (excludes halogenated alkanes) is 7. The van der Waals surface area contributed by atoms with Crippen LogP contribution in [0.25, 0.3) is 0 Å². The molecule has 0 amide bonds. The van der Waals surface area contributed by atoms with Crippen LogP contribution in [0, 0.1) is 23.7 Å². The zero-order chi connectivity index (χ0) is 24.9. The predicted octanol–water partition coefficient (Wildman–Crippen LogP) is 8.51. The number of carbonyl (C=O) groups excluding carboxylic acids is 2. The van der Waals surface area contributed by atoms with Crippen LogP contribution in [-0.4, -0.2) is 25.2 Å².